The van der Waals surface area contributed by atoms with E-state index in [1.807, 2.05) is 0 Å². The molecule has 1 aromatic carbocycles. The van der Waals surface area contributed by atoms with E-state index in [1.165, 1.54) is 18.2 Å². The van der Waals surface area contributed by atoms with Gasteiger partial charge in [-0.05, 0) is 36.6 Å². The maximum Gasteiger partial charge on any atom is 0.251 e. The van der Waals surface area contributed by atoms with Crippen LogP contribution in [-0.2, 0) is 0 Å². The van der Waals surface area contributed by atoms with Crippen molar-refractivity contribution < 1.29 is 15.0 Å². The van der Waals surface area contributed by atoms with Crippen LogP contribution in [0.1, 0.15) is 23.2 Å². The predicted molar refractivity (Wildman–Crippen MR) is 65.4 cm³/mol. The molecule has 0 unspecified atom stereocenters. The number of hydrogen-bond donors (Lipinski definition) is 3. The second kappa shape index (κ2) is 7.03. The van der Waals surface area contributed by atoms with Gasteiger partial charge in [-0.1, -0.05) is 5.11 Å². The number of hydrogen-bond acceptors (Lipinski definition) is 4. The number of unbranched alkanes of at least 4 members (excludes halogenated alkanes) is 1. The number of benzene rings is 1. The normalized spacial score (nSPS) is 9.56. The monoisotopic (exact) mass is 250 g/mol. The summed E-state index contributed by atoms with van der Waals surface area (Å²) >= 11 is 0. The van der Waals surface area contributed by atoms with E-state index in [2.05, 4.69) is 15.3 Å². The Balaban J connectivity index is 2.36. The number of rotatable bonds is 6. The van der Waals surface area contributed by atoms with Gasteiger partial charge in [-0.15, -0.1) is 0 Å². The standard InChI is InChI=1S/C11H14N4O3/c12-15-14-6-2-1-5-13-11(18)8-3-4-9(16)10(17)7-8/h3-4,7,16-17H,1-2,5-6H2,(H,13,18). The maximum atomic E-state index is 11.6. The van der Waals surface area contributed by atoms with Crippen LogP contribution in [0.25, 0.3) is 10.4 Å². The van der Waals surface area contributed by atoms with Gasteiger partial charge in [-0.25, -0.2) is 0 Å². The van der Waals surface area contributed by atoms with Crippen LogP contribution in [0.5, 0.6) is 11.5 Å². The highest BCUT2D eigenvalue weighted by molar-refractivity contribution is 5.94. The summed E-state index contributed by atoms with van der Waals surface area (Å²) in [5.74, 6) is -0.916. The molecule has 0 aliphatic heterocycles. The Kier molecular flexibility index (Phi) is 5.34. The third kappa shape index (κ3) is 4.23. The lowest BCUT2D eigenvalue weighted by Crippen LogP contribution is -2.24. The van der Waals surface area contributed by atoms with Crippen LogP contribution in [0.15, 0.2) is 23.3 Å². The summed E-state index contributed by atoms with van der Waals surface area (Å²) in [6.45, 7) is 0.869. The molecule has 0 bridgehead atoms. The van der Waals surface area contributed by atoms with Gasteiger partial charge >= 0.3 is 0 Å². The van der Waals surface area contributed by atoms with Crippen LogP contribution in [-0.4, -0.2) is 29.2 Å². The number of aromatic hydroxyl groups is 2. The van der Waals surface area contributed by atoms with Gasteiger partial charge in [-0.2, -0.15) is 0 Å². The fourth-order valence-electron chi connectivity index (χ4n) is 1.32. The van der Waals surface area contributed by atoms with Crippen molar-refractivity contribution >= 4 is 5.91 Å². The van der Waals surface area contributed by atoms with Gasteiger partial charge < -0.3 is 15.5 Å². The van der Waals surface area contributed by atoms with Crippen LogP contribution >= 0.6 is 0 Å². The number of carbonyl (C=O) groups excluding carboxylic acids is 1. The Bertz CT molecular complexity index is 469. The van der Waals surface area contributed by atoms with Gasteiger partial charge in [0.25, 0.3) is 5.91 Å². The largest absolute Gasteiger partial charge is 0.504 e. The van der Waals surface area contributed by atoms with Gasteiger partial charge in [-0.3, -0.25) is 4.79 Å². The van der Waals surface area contributed by atoms with Gasteiger partial charge in [0, 0.05) is 23.6 Å². The summed E-state index contributed by atoms with van der Waals surface area (Å²) in [6, 6.07) is 3.88. The van der Waals surface area contributed by atoms with Gasteiger partial charge in [0.2, 0.25) is 0 Å². The first-order valence-corrected chi connectivity index (χ1v) is 5.46. The molecule has 0 spiro atoms. The second-order valence-electron chi connectivity index (χ2n) is 3.62. The Morgan fingerprint density at radius 3 is 2.78 bits per heavy atom. The van der Waals surface area contributed by atoms with Crippen molar-refractivity contribution in [2.75, 3.05) is 13.1 Å². The van der Waals surface area contributed by atoms with Crippen molar-refractivity contribution in [1.29, 1.82) is 0 Å². The molecule has 0 atom stereocenters. The molecular formula is C11H14N4O3. The topological polar surface area (TPSA) is 118 Å². The summed E-state index contributed by atoms with van der Waals surface area (Å²) in [5.41, 5.74) is 8.33. The first kappa shape index (κ1) is 13.7. The number of azide groups is 1. The lowest BCUT2D eigenvalue weighted by molar-refractivity contribution is 0.0952. The fraction of sp³-hybridized carbons (Fsp3) is 0.364. The third-order valence-corrected chi connectivity index (χ3v) is 2.27. The number of carbonyl (C=O) groups is 1. The summed E-state index contributed by atoms with van der Waals surface area (Å²) < 4.78 is 0. The van der Waals surface area contributed by atoms with E-state index in [4.69, 9.17) is 10.6 Å². The SMILES string of the molecule is [N-]=[N+]=NCCCCNC(=O)c1ccc(O)c(O)c1. The minimum atomic E-state index is -0.328. The Hall–Kier alpha value is -2.40. The average molecular weight is 250 g/mol. The molecule has 1 aromatic rings. The van der Waals surface area contributed by atoms with E-state index < -0.39 is 0 Å². The molecule has 0 fully saturated rings. The van der Waals surface area contributed by atoms with Crippen LogP contribution in [0.2, 0.25) is 0 Å². The minimum Gasteiger partial charge on any atom is -0.504 e. The van der Waals surface area contributed by atoms with Crippen LogP contribution in [0.3, 0.4) is 0 Å². The van der Waals surface area contributed by atoms with Crippen molar-refractivity contribution in [3.63, 3.8) is 0 Å². The Morgan fingerprint density at radius 2 is 2.11 bits per heavy atom. The smallest absolute Gasteiger partial charge is 0.251 e. The highest BCUT2D eigenvalue weighted by Gasteiger charge is 2.07. The molecule has 0 aromatic heterocycles. The van der Waals surface area contributed by atoms with Crippen molar-refractivity contribution in [2.24, 2.45) is 5.11 Å². The molecule has 0 saturated heterocycles. The molecule has 0 saturated carbocycles. The van der Waals surface area contributed by atoms with E-state index in [0.717, 1.165) is 0 Å². The predicted octanol–water partition coefficient (Wildman–Crippen LogP) is 1.92. The molecule has 1 amide bonds. The molecule has 7 heteroatoms. The molecule has 7 nitrogen and oxygen atoms in total. The second-order valence-corrected chi connectivity index (χ2v) is 3.62. The zero-order valence-electron chi connectivity index (χ0n) is 9.70. The van der Waals surface area contributed by atoms with Crippen LogP contribution in [0, 0.1) is 0 Å². The van der Waals surface area contributed by atoms with E-state index in [-0.39, 0.29) is 23.0 Å². The van der Waals surface area contributed by atoms with E-state index in [0.29, 0.717) is 25.9 Å². The minimum absolute atomic E-state index is 0.263. The molecule has 96 valence electrons. The molecule has 0 aliphatic carbocycles. The van der Waals surface area contributed by atoms with E-state index in [1.54, 1.807) is 0 Å². The van der Waals surface area contributed by atoms with Crippen molar-refractivity contribution in [3.05, 3.63) is 34.2 Å². The van der Waals surface area contributed by atoms with E-state index in [9.17, 15) is 9.90 Å². The van der Waals surface area contributed by atoms with Crippen LogP contribution < -0.4 is 5.32 Å². The lowest BCUT2D eigenvalue weighted by atomic mass is 10.2. The number of nitrogens with zero attached hydrogens (tertiary/aromatic N) is 3. The van der Waals surface area contributed by atoms with Gasteiger partial charge in [0.15, 0.2) is 11.5 Å². The molecule has 18 heavy (non-hydrogen) atoms. The van der Waals surface area contributed by atoms with Crippen molar-refractivity contribution in [3.8, 4) is 11.5 Å². The lowest BCUT2D eigenvalue weighted by Gasteiger charge is -2.05. The first-order valence-electron chi connectivity index (χ1n) is 5.46. The molecule has 1 rings (SSSR count). The fourth-order valence-corrected chi connectivity index (χ4v) is 1.32. The summed E-state index contributed by atoms with van der Waals surface area (Å²) in [5, 5.41) is 24.4. The quantitative estimate of drug-likeness (QED) is 0.235. The molecule has 0 aliphatic rings. The van der Waals surface area contributed by atoms with Gasteiger partial charge in [0.1, 0.15) is 0 Å². The number of amides is 1. The maximum absolute atomic E-state index is 11.6. The third-order valence-electron chi connectivity index (χ3n) is 2.27. The molecule has 0 heterocycles. The first-order chi connectivity index (χ1) is 8.65. The Labute approximate surface area is 104 Å². The molecule has 3 N–H and O–H groups in total. The van der Waals surface area contributed by atoms with Crippen LogP contribution in [0.4, 0.5) is 0 Å². The van der Waals surface area contributed by atoms with Crippen molar-refractivity contribution in [1.82, 2.24) is 5.32 Å². The Morgan fingerprint density at radius 1 is 1.33 bits per heavy atom. The molecule has 0 radical (unpaired) electrons. The number of nitrogens with one attached hydrogen (secondary N) is 1. The summed E-state index contributed by atoms with van der Waals surface area (Å²) in [6.07, 6.45) is 1.40. The van der Waals surface area contributed by atoms with E-state index >= 15 is 0 Å². The number of phenolic OH excluding ortho intramolecular Hbond substituents is 2. The molecular weight excluding hydrogens is 236 g/mol. The summed E-state index contributed by atoms with van der Waals surface area (Å²) in [4.78, 5) is 14.2. The zero-order chi connectivity index (χ0) is 13.4. The highest BCUT2D eigenvalue weighted by atomic mass is 16.3. The van der Waals surface area contributed by atoms with Gasteiger partial charge in [0.05, 0.1) is 0 Å². The zero-order valence-corrected chi connectivity index (χ0v) is 9.70. The average Bonchev–Trinajstić information content (AvgIpc) is 2.36. The highest BCUT2D eigenvalue weighted by Crippen LogP contribution is 2.24. The number of phenols is 2. The van der Waals surface area contributed by atoms with Crippen molar-refractivity contribution in [2.45, 2.75) is 12.8 Å². The summed E-state index contributed by atoms with van der Waals surface area (Å²) in [7, 11) is 0.